The summed E-state index contributed by atoms with van der Waals surface area (Å²) in [5.74, 6) is 0.566. The number of hydrogen-bond acceptors (Lipinski definition) is 6. The van der Waals surface area contributed by atoms with Crippen molar-refractivity contribution in [2.24, 2.45) is 0 Å². The first kappa shape index (κ1) is 19.2. The standard InChI is InChI=1S/C21H20N4O3S/c26-20-12-17(13-24-11-3-5-16-4-1-2-6-19(16)24)22-21(23-20)29-14-15-7-9-18(10-8-15)25(27)28/h1-2,4,6-10,12H,3,5,11,13-14H2,(H,22,23,26). The number of fused-ring (bicyclic) bond motifs is 1. The fraction of sp³-hybridized carbons (Fsp3) is 0.238. The highest BCUT2D eigenvalue weighted by Crippen LogP contribution is 2.28. The van der Waals surface area contributed by atoms with Gasteiger partial charge in [-0.2, -0.15) is 0 Å². The predicted octanol–water partition coefficient (Wildman–Crippen LogP) is 3.92. The number of hydrogen-bond donors (Lipinski definition) is 1. The molecule has 1 N–H and O–H groups in total. The van der Waals surface area contributed by atoms with E-state index in [0.29, 0.717) is 17.5 Å². The lowest BCUT2D eigenvalue weighted by atomic mass is 10.0. The van der Waals surface area contributed by atoms with Gasteiger partial charge in [0.25, 0.3) is 11.2 Å². The highest BCUT2D eigenvalue weighted by atomic mass is 32.2. The van der Waals surface area contributed by atoms with Crippen LogP contribution < -0.4 is 10.5 Å². The molecule has 0 aliphatic carbocycles. The Bertz CT molecular complexity index is 1080. The van der Waals surface area contributed by atoms with E-state index < -0.39 is 4.92 Å². The molecule has 29 heavy (non-hydrogen) atoms. The summed E-state index contributed by atoms with van der Waals surface area (Å²) < 4.78 is 0. The molecule has 1 aromatic heterocycles. The van der Waals surface area contributed by atoms with Crippen LogP contribution in [0.3, 0.4) is 0 Å². The van der Waals surface area contributed by atoms with Crippen molar-refractivity contribution in [1.82, 2.24) is 9.97 Å². The number of nitrogens with zero attached hydrogens (tertiary/aromatic N) is 3. The van der Waals surface area contributed by atoms with Crippen molar-refractivity contribution >= 4 is 23.1 Å². The summed E-state index contributed by atoms with van der Waals surface area (Å²) in [4.78, 5) is 32.1. The van der Waals surface area contributed by atoms with E-state index in [1.54, 1.807) is 18.2 Å². The van der Waals surface area contributed by atoms with E-state index in [9.17, 15) is 14.9 Å². The van der Waals surface area contributed by atoms with Crippen molar-refractivity contribution in [3.63, 3.8) is 0 Å². The summed E-state index contributed by atoms with van der Waals surface area (Å²) in [6.45, 7) is 1.53. The normalized spacial score (nSPS) is 13.2. The zero-order valence-corrected chi connectivity index (χ0v) is 16.5. The van der Waals surface area contributed by atoms with Crippen LogP contribution in [0.25, 0.3) is 0 Å². The minimum Gasteiger partial charge on any atom is -0.365 e. The molecule has 7 nitrogen and oxygen atoms in total. The molecular weight excluding hydrogens is 388 g/mol. The van der Waals surface area contributed by atoms with Crippen molar-refractivity contribution < 1.29 is 4.92 Å². The summed E-state index contributed by atoms with van der Waals surface area (Å²) in [5, 5.41) is 11.3. The number of para-hydroxylation sites is 1. The Labute approximate surface area is 172 Å². The molecule has 0 bridgehead atoms. The number of H-pyrrole nitrogens is 1. The number of rotatable bonds is 6. The van der Waals surface area contributed by atoms with E-state index in [0.717, 1.165) is 30.6 Å². The second kappa shape index (κ2) is 8.48. The van der Waals surface area contributed by atoms with Gasteiger partial charge in [0.2, 0.25) is 0 Å². The molecule has 2 heterocycles. The third-order valence-corrected chi connectivity index (χ3v) is 5.80. The van der Waals surface area contributed by atoms with E-state index in [-0.39, 0.29) is 11.2 Å². The highest BCUT2D eigenvalue weighted by Gasteiger charge is 2.17. The van der Waals surface area contributed by atoms with Crippen LogP contribution >= 0.6 is 11.8 Å². The minimum atomic E-state index is -0.418. The molecule has 0 spiro atoms. The number of nitro benzene ring substituents is 1. The highest BCUT2D eigenvalue weighted by molar-refractivity contribution is 7.98. The van der Waals surface area contributed by atoms with Crippen LogP contribution in [0, 0.1) is 10.1 Å². The van der Waals surface area contributed by atoms with Gasteiger partial charge in [-0.1, -0.05) is 42.1 Å². The van der Waals surface area contributed by atoms with Gasteiger partial charge in [0, 0.05) is 36.2 Å². The molecule has 3 aromatic rings. The SMILES string of the molecule is O=c1cc(CN2CCCc3ccccc32)nc(SCc2ccc([N+](=O)[O-])cc2)[nH]1. The molecule has 4 rings (SSSR count). The molecule has 0 fully saturated rings. The van der Waals surface area contributed by atoms with Gasteiger partial charge in [0.1, 0.15) is 0 Å². The lowest BCUT2D eigenvalue weighted by Gasteiger charge is -2.31. The third kappa shape index (κ3) is 4.65. The van der Waals surface area contributed by atoms with Crippen LogP contribution in [0.2, 0.25) is 0 Å². The Hall–Kier alpha value is -3.13. The van der Waals surface area contributed by atoms with Crippen molar-refractivity contribution in [2.75, 3.05) is 11.4 Å². The average Bonchev–Trinajstić information content (AvgIpc) is 2.72. The fourth-order valence-corrected chi connectivity index (χ4v) is 4.32. The Morgan fingerprint density at radius 3 is 2.76 bits per heavy atom. The van der Waals surface area contributed by atoms with Crippen LogP contribution in [0.5, 0.6) is 0 Å². The van der Waals surface area contributed by atoms with Gasteiger partial charge in [-0.15, -0.1) is 0 Å². The van der Waals surface area contributed by atoms with Gasteiger partial charge >= 0.3 is 0 Å². The number of aromatic amines is 1. The molecule has 1 aliphatic heterocycles. The van der Waals surface area contributed by atoms with Gasteiger partial charge in [-0.25, -0.2) is 4.98 Å². The average molecular weight is 408 g/mol. The predicted molar refractivity (Wildman–Crippen MR) is 113 cm³/mol. The second-order valence-electron chi connectivity index (χ2n) is 6.91. The minimum absolute atomic E-state index is 0.0640. The number of thioether (sulfide) groups is 1. The van der Waals surface area contributed by atoms with Crippen LogP contribution in [0.1, 0.15) is 23.2 Å². The van der Waals surface area contributed by atoms with Crippen molar-refractivity contribution in [2.45, 2.75) is 30.3 Å². The maximum absolute atomic E-state index is 12.1. The summed E-state index contributed by atoms with van der Waals surface area (Å²) in [5.41, 5.74) is 4.09. The molecule has 0 saturated carbocycles. The number of aryl methyl sites for hydroxylation is 1. The third-order valence-electron chi connectivity index (χ3n) is 4.86. The van der Waals surface area contributed by atoms with E-state index in [1.165, 1.54) is 35.1 Å². The van der Waals surface area contributed by atoms with Gasteiger partial charge in [0.15, 0.2) is 5.16 Å². The van der Waals surface area contributed by atoms with E-state index in [1.807, 2.05) is 6.07 Å². The van der Waals surface area contributed by atoms with Crippen molar-refractivity contribution in [3.05, 3.63) is 91.9 Å². The first-order valence-corrected chi connectivity index (χ1v) is 10.4. The Balaban J connectivity index is 1.47. The van der Waals surface area contributed by atoms with E-state index in [2.05, 4.69) is 33.1 Å². The summed E-state index contributed by atoms with van der Waals surface area (Å²) >= 11 is 1.41. The maximum Gasteiger partial charge on any atom is 0.269 e. The first-order chi connectivity index (χ1) is 14.1. The molecule has 0 radical (unpaired) electrons. The van der Waals surface area contributed by atoms with Crippen LogP contribution in [0.4, 0.5) is 11.4 Å². The van der Waals surface area contributed by atoms with Crippen LogP contribution in [-0.2, 0) is 18.7 Å². The topological polar surface area (TPSA) is 92.1 Å². The quantitative estimate of drug-likeness (QED) is 0.288. The molecule has 1 aliphatic rings. The smallest absolute Gasteiger partial charge is 0.269 e. The van der Waals surface area contributed by atoms with E-state index in [4.69, 9.17) is 0 Å². The molecule has 2 aromatic carbocycles. The van der Waals surface area contributed by atoms with Gasteiger partial charge < -0.3 is 9.88 Å². The Kier molecular flexibility index (Phi) is 5.62. The lowest BCUT2D eigenvalue weighted by molar-refractivity contribution is -0.384. The van der Waals surface area contributed by atoms with E-state index >= 15 is 0 Å². The molecule has 8 heteroatoms. The molecule has 148 valence electrons. The fourth-order valence-electron chi connectivity index (χ4n) is 3.47. The lowest BCUT2D eigenvalue weighted by Crippen LogP contribution is -2.29. The number of benzene rings is 2. The number of nitro groups is 1. The Morgan fingerprint density at radius 1 is 1.17 bits per heavy atom. The molecular formula is C21H20N4O3S. The zero-order valence-electron chi connectivity index (χ0n) is 15.7. The van der Waals surface area contributed by atoms with Gasteiger partial charge in [-0.3, -0.25) is 14.9 Å². The molecule has 0 amide bonds. The first-order valence-electron chi connectivity index (χ1n) is 9.38. The molecule has 0 saturated heterocycles. The molecule has 0 atom stereocenters. The maximum atomic E-state index is 12.1. The Morgan fingerprint density at radius 2 is 1.97 bits per heavy atom. The molecule has 0 unspecified atom stereocenters. The summed E-state index contributed by atoms with van der Waals surface area (Å²) in [6, 6.07) is 16.3. The van der Waals surface area contributed by atoms with Gasteiger partial charge in [-0.05, 0) is 30.0 Å². The van der Waals surface area contributed by atoms with Crippen LogP contribution in [-0.4, -0.2) is 21.4 Å². The van der Waals surface area contributed by atoms with Crippen LogP contribution in [0.15, 0.2) is 64.5 Å². The monoisotopic (exact) mass is 408 g/mol. The van der Waals surface area contributed by atoms with Gasteiger partial charge in [0.05, 0.1) is 17.2 Å². The number of nitrogens with one attached hydrogen (secondary N) is 1. The largest absolute Gasteiger partial charge is 0.365 e. The number of anilines is 1. The zero-order chi connectivity index (χ0) is 20.2. The number of aromatic nitrogens is 2. The summed E-state index contributed by atoms with van der Waals surface area (Å²) in [7, 11) is 0. The van der Waals surface area contributed by atoms with Crippen molar-refractivity contribution in [1.29, 1.82) is 0 Å². The summed E-state index contributed by atoms with van der Waals surface area (Å²) in [6.07, 6.45) is 2.16. The second-order valence-corrected chi connectivity index (χ2v) is 7.87. The van der Waals surface area contributed by atoms with Crippen molar-refractivity contribution in [3.8, 4) is 0 Å². The number of non-ortho nitro benzene ring substituents is 1.